The van der Waals surface area contributed by atoms with Crippen molar-refractivity contribution in [2.45, 2.75) is 72.7 Å². The molecule has 0 bridgehead atoms. The molecular weight excluding hydrogens is 547 g/mol. The fourth-order valence-electron chi connectivity index (χ4n) is 3.05. The van der Waals surface area contributed by atoms with Gasteiger partial charge < -0.3 is 14.2 Å². The summed E-state index contributed by atoms with van der Waals surface area (Å²) in [5.74, 6) is -0.684. The molecule has 0 saturated heterocycles. The van der Waals surface area contributed by atoms with Crippen LogP contribution in [0.4, 0.5) is 0 Å². The van der Waals surface area contributed by atoms with Crippen LogP contribution in [-0.2, 0) is 44.9 Å². The molecule has 0 aliphatic rings. The summed E-state index contributed by atoms with van der Waals surface area (Å²) in [6, 6.07) is 14.0. The van der Waals surface area contributed by atoms with Crippen LogP contribution in [0.2, 0.25) is 0 Å². The van der Waals surface area contributed by atoms with Crippen LogP contribution < -0.4 is 10.0 Å². The molecule has 10 nitrogen and oxygen atoms in total. The third kappa shape index (κ3) is 10.3. The number of esters is 2. The zero-order chi connectivity index (χ0) is 29.4. The summed E-state index contributed by atoms with van der Waals surface area (Å²) in [6.45, 7) is 7.33. The number of carbonyl (C=O) groups excluding carboxylic acids is 2. The van der Waals surface area contributed by atoms with Crippen molar-refractivity contribution < 1.29 is 46.1 Å². The van der Waals surface area contributed by atoms with Gasteiger partial charge in [-0.3, -0.25) is 23.4 Å². The first kappa shape index (κ1) is 32.4. The molecule has 0 fully saturated rings. The van der Waals surface area contributed by atoms with Crippen LogP contribution in [0.1, 0.15) is 59.9 Å². The first-order valence-electron chi connectivity index (χ1n) is 12.2. The van der Waals surface area contributed by atoms with Gasteiger partial charge in [0.15, 0.2) is 13.9 Å². The molecule has 0 aliphatic heterocycles. The Bertz CT molecular complexity index is 1220. The minimum Gasteiger partial charge on any atom is -0.456 e. The van der Waals surface area contributed by atoms with Gasteiger partial charge in [-0.25, -0.2) is 0 Å². The Morgan fingerprint density at radius 2 is 1.46 bits per heavy atom. The minimum absolute atomic E-state index is 0.148. The van der Waals surface area contributed by atoms with Crippen LogP contribution in [0, 0.1) is 10.8 Å². The summed E-state index contributed by atoms with van der Waals surface area (Å²) < 4.78 is 67.5. The quantitative estimate of drug-likeness (QED) is 0.149. The van der Waals surface area contributed by atoms with Crippen molar-refractivity contribution in [3.8, 4) is 11.5 Å². The SMILES string of the molecule is CC(C)(C)C(=O)OC(OC(=O)C(C)(C)C)O[C@H](CCCc1cccc(Oc2ccccc2)c1P=O)S(=O)(=O)O. The lowest BCUT2D eigenvalue weighted by molar-refractivity contribution is -0.279. The zero-order valence-corrected chi connectivity index (χ0v) is 24.6. The standard InChI is InChI=1S/C27H35O10PS/c1-26(2,3)23(28)36-25(37-24(29)27(4,5)6)35-21(39(31,32)33)17-11-13-18-12-10-16-20(22(18)38-30)34-19-14-8-7-9-15-19/h7-10,12,14-16,21,25H,11,13,17H2,1-6H3,(H,31,32,33)/t21-/m0/s1. The number of aryl methyl sites for hydroxylation is 1. The summed E-state index contributed by atoms with van der Waals surface area (Å²) in [5.41, 5.74) is -3.27. The highest BCUT2D eigenvalue weighted by molar-refractivity contribution is 7.86. The van der Waals surface area contributed by atoms with Crippen LogP contribution in [0.3, 0.4) is 0 Å². The van der Waals surface area contributed by atoms with Gasteiger partial charge in [-0.1, -0.05) is 30.3 Å². The molecule has 2 rings (SSSR count). The molecule has 2 aromatic rings. The Morgan fingerprint density at radius 1 is 0.897 bits per heavy atom. The molecule has 2 aromatic carbocycles. The second kappa shape index (κ2) is 13.5. The van der Waals surface area contributed by atoms with Crippen molar-refractivity contribution in [3.63, 3.8) is 0 Å². The van der Waals surface area contributed by atoms with Gasteiger partial charge in [0.1, 0.15) is 11.5 Å². The van der Waals surface area contributed by atoms with Crippen molar-refractivity contribution in [1.29, 1.82) is 0 Å². The number of hydrogen-bond acceptors (Lipinski definition) is 9. The van der Waals surface area contributed by atoms with Gasteiger partial charge in [-0.15, -0.1) is 0 Å². The fraction of sp³-hybridized carbons (Fsp3) is 0.481. The highest BCUT2D eigenvalue weighted by Gasteiger charge is 2.36. The van der Waals surface area contributed by atoms with Gasteiger partial charge in [0.2, 0.25) is 0 Å². The molecule has 214 valence electrons. The summed E-state index contributed by atoms with van der Waals surface area (Å²) in [4.78, 5) is 24.8. The van der Waals surface area contributed by atoms with E-state index >= 15 is 0 Å². The Morgan fingerprint density at radius 3 is 1.95 bits per heavy atom. The first-order chi connectivity index (χ1) is 18.0. The maximum absolute atomic E-state index is 12.4. The van der Waals surface area contributed by atoms with Crippen molar-refractivity contribution in [1.82, 2.24) is 0 Å². The molecule has 12 heteroatoms. The van der Waals surface area contributed by atoms with Gasteiger partial charge in [0.05, 0.1) is 16.1 Å². The van der Waals surface area contributed by atoms with E-state index < -0.39 is 44.8 Å². The van der Waals surface area contributed by atoms with E-state index in [2.05, 4.69) is 0 Å². The number of ether oxygens (including phenoxy) is 4. The zero-order valence-electron chi connectivity index (χ0n) is 22.9. The Hall–Kier alpha value is -2.85. The van der Waals surface area contributed by atoms with E-state index in [9.17, 15) is 27.1 Å². The third-order valence-electron chi connectivity index (χ3n) is 5.26. The van der Waals surface area contributed by atoms with Crippen LogP contribution >= 0.6 is 8.46 Å². The highest BCUT2D eigenvalue weighted by Crippen LogP contribution is 2.26. The maximum atomic E-state index is 12.4. The van der Waals surface area contributed by atoms with Gasteiger partial charge in [-0.05, 0) is 84.6 Å². The highest BCUT2D eigenvalue weighted by atomic mass is 32.2. The van der Waals surface area contributed by atoms with E-state index in [1.54, 1.807) is 84.0 Å². The average Bonchev–Trinajstić information content (AvgIpc) is 2.82. The van der Waals surface area contributed by atoms with Crippen LogP contribution in [0.5, 0.6) is 11.5 Å². The predicted molar refractivity (Wildman–Crippen MR) is 144 cm³/mol. The van der Waals surface area contributed by atoms with Crippen molar-refractivity contribution in [3.05, 3.63) is 54.1 Å². The summed E-state index contributed by atoms with van der Waals surface area (Å²) in [5, 5.41) is 0.391. The molecular formula is C27H35O10PS. The van der Waals surface area contributed by atoms with Crippen molar-refractivity contribution in [2.75, 3.05) is 0 Å². The van der Waals surface area contributed by atoms with E-state index in [4.69, 9.17) is 18.9 Å². The van der Waals surface area contributed by atoms with Gasteiger partial charge in [0, 0.05) is 0 Å². The molecule has 0 radical (unpaired) electrons. The topological polar surface area (TPSA) is 142 Å². The summed E-state index contributed by atoms with van der Waals surface area (Å²) in [6.07, 6.45) is 0.142. The van der Waals surface area contributed by atoms with Crippen molar-refractivity contribution in [2.24, 2.45) is 10.8 Å². The second-order valence-corrected chi connectivity index (χ2v) is 13.0. The van der Waals surface area contributed by atoms with Gasteiger partial charge in [-0.2, -0.15) is 8.42 Å². The molecule has 0 spiro atoms. The van der Waals surface area contributed by atoms with E-state index in [0.29, 0.717) is 22.4 Å². The van der Waals surface area contributed by atoms with E-state index in [1.165, 1.54) is 0 Å². The lowest BCUT2D eigenvalue weighted by Gasteiger charge is -2.27. The average molecular weight is 583 g/mol. The lowest BCUT2D eigenvalue weighted by atomic mass is 9.97. The summed E-state index contributed by atoms with van der Waals surface area (Å²) >= 11 is 0. The largest absolute Gasteiger partial charge is 0.456 e. The van der Waals surface area contributed by atoms with Crippen LogP contribution in [0.25, 0.3) is 0 Å². The first-order valence-corrected chi connectivity index (χ1v) is 14.6. The normalized spacial score (nSPS) is 13.2. The maximum Gasteiger partial charge on any atom is 0.366 e. The fourth-order valence-corrected chi connectivity index (χ4v) is 4.26. The third-order valence-corrected chi connectivity index (χ3v) is 6.96. The van der Waals surface area contributed by atoms with E-state index in [0.717, 1.165) is 0 Å². The molecule has 1 atom stereocenters. The molecule has 0 aliphatic carbocycles. The van der Waals surface area contributed by atoms with Gasteiger partial charge >= 0.3 is 18.4 Å². The number of benzene rings is 2. The number of hydrogen-bond donors (Lipinski definition) is 1. The Balaban J connectivity index is 2.20. The molecule has 0 aromatic heterocycles. The molecule has 1 N–H and O–H groups in total. The summed E-state index contributed by atoms with van der Waals surface area (Å²) in [7, 11) is -5.11. The lowest BCUT2D eigenvalue weighted by Crippen LogP contribution is -2.39. The molecule has 0 amide bonds. The minimum atomic E-state index is -4.81. The Labute approximate surface area is 230 Å². The molecule has 0 unspecified atom stereocenters. The van der Waals surface area contributed by atoms with Gasteiger partial charge in [0.25, 0.3) is 10.1 Å². The van der Waals surface area contributed by atoms with E-state index in [-0.39, 0.29) is 27.7 Å². The van der Waals surface area contributed by atoms with Crippen LogP contribution in [0.15, 0.2) is 48.5 Å². The van der Waals surface area contributed by atoms with Crippen LogP contribution in [-0.4, -0.2) is 36.8 Å². The molecule has 39 heavy (non-hydrogen) atoms. The predicted octanol–water partition coefficient (Wildman–Crippen LogP) is 5.41. The Kier molecular flexibility index (Phi) is 11.2. The second-order valence-electron chi connectivity index (χ2n) is 10.8. The van der Waals surface area contributed by atoms with Crippen molar-refractivity contribution >= 4 is 35.8 Å². The number of rotatable bonds is 12. The number of para-hydroxylation sites is 1. The smallest absolute Gasteiger partial charge is 0.366 e. The molecule has 0 heterocycles. The monoisotopic (exact) mass is 582 g/mol. The molecule has 0 saturated carbocycles. The number of carbonyl (C=O) groups is 2. The van der Waals surface area contributed by atoms with E-state index in [1.807, 2.05) is 6.07 Å².